The first-order valence-electron chi connectivity index (χ1n) is 6.73. The van der Waals surface area contributed by atoms with E-state index in [1.165, 1.54) is 51.6 Å². The van der Waals surface area contributed by atoms with Crippen molar-refractivity contribution in [2.45, 2.75) is 59.3 Å². The molecule has 0 aromatic rings. The maximum atomic E-state index is 3.56. The summed E-state index contributed by atoms with van der Waals surface area (Å²) in [5.74, 6) is 0.956. The van der Waals surface area contributed by atoms with Crippen LogP contribution in [0.15, 0.2) is 0 Å². The van der Waals surface area contributed by atoms with Crippen LogP contribution < -0.4 is 5.32 Å². The number of nitrogens with one attached hydrogen (secondary N) is 1. The molecular weight excluding hydrogens is 182 g/mol. The van der Waals surface area contributed by atoms with E-state index in [0.717, 1.165) is 5.92 Å². The first-order chi connectivity index (χ1) is 7.02. The molecule has 1 heterocycles. The van der Waals surface area contributed by atoms with Crippen molar-refractivity contribution in [3.63, 3.8) is 0 Å². The summed E-state index contributed by atoms with van der Waals surface area (Å²) >= 11 is 0. The van der Waals surface area contributed by atoms with Crippen LogP contribution >= 0.6 is 0 Å². The summed E-state index contributed by atoms with van der Waals surface area (Å²) in [7, 11) is 0. The molecule has 2 atom stereocenters. The molecule has 1 nitrogen and oxygen atoms in total. The molecular formula is C14H27N. The Labute approximate surface area is 95.0 Å². The van der Waals surface area contributed by atoms with Gasteiger partial charge in [-0.1, -0.05) is 27.2 Å². The summed E-state index contributed by atoms with van der Waals surface area (Å²) in [6.07, 6.45) is 8.78. The summed E-state index contributed by atoms with van der Waals surface area (Å²) in [5.41, 5.74) is 1.22. The summed E-state index contributed by atoms with van der Waals surface area (Å²) in [5, 5.41) is 3.56. The van der Waals surface area contributed by atoms with Gasteiger partial charge in [0.15, 0.2) is 0 Å². The number of hydrogen-bond acceptors (Lipinski definition) is 1. The zero-order valence-electron chi connectivity index (χ0n) is 10.7. The monoisotopic (exact) mass is 209 g/mol. The highest BCUT2D eigenvalue weighted by Gasteiger charge is 2.37. The lowest BCUT2D eigenvalue weighted by Gasteiger charge is -2.31. The molecule has 88 valence electrons. The number of hydrogen-bond donors (Lipinski definition) is 1. The molecule has 1 aliphatic heterocycles. The predicted octanol–water partition coefficient (Wildman–Crippen LogP) is 3.59. The minimum atomic E-state index is 0.525. The van der Waals surface area contributed by atoms with Gasteiger partial charge >= 0.3 is 0 Å². The topological polar surface area (TPSA) is 12.0 Å². The Kier molecular flexibility index (Phi) is 3.12. The second kappa shape index (κ2) is 4.08. The molecule has 1 spiro atoms. The Morgan fingerprint density at radius 3 is 2.47 bits per heavy atom. The second-order valence-corrected chi connectivity index (χ2v) is 6.92. The standard InChI is InChI=1S/C14H27N/c1-13(2,3)12-5-4-7-14(8-6-12)9-10-15-11-14/h12,15H,4-11H2,1-3H3. The van der Waals surface area contributed by atoms with E-state index < -0.39 is 0 Å². The van der Waals surface area contributed by atoms with Crippen molar-refractivity contribution < 1.29 is 0 Å². The van der Waals surface area contributed by atoms with Crippen molar-refractivity contribution in [1.82, 2.24) is 5.32 Å². The van der Waals surface area contributed by atoms with Crippen LogP contribution in [0.2, 0.25) is 0 Å². The van der Waals surface area contributed by atoms with Crippen LogP contribution in [0.25, 0.3) is 0 Å². The lowest BCUT2D eigenvalue weighted by atomic mass is 9.75. The molecule has 2 aliphatic rings. The minimum absolute atomic E-state index is 0.525. The van der Waals surface area contributed by atoms with Crippen molar-refractivity contribution in [2.75, 3.05) is 13.1 Å². The first-order valence-corrected chi connectivity index (χ1v) is 6.73. The number of rotatable bonds is 0. The van der Waals surface area contributed by atoms with Gasteiger partial charge in [-0.2, -0.15) is 0 Å². The highest BCUT2D eigenvalue weighted by atomic mass is 14.9. The molecule has 1 saturated heterocycles. The van der Waals surface area contributed by atoms with Crippen LogP contribution in [0, 0.1) is 16.7 Å². The molecule has 0 amide bonds. The average molecular weight is 209 g/mol. The predicted molar refractivity (Wildman–Crippen MR) is 65.9 cm³/mol. The molecule has 1 heteroatoms. The Balaban J connectivity index is 1.97. The zero-order valence-corrected chi connectivity index (χ0v) is 10.7. The van der Waals surface area contributed by atoms with Gasteiger partial charge in [0.05, 0.1) is 0 Å². The molecule has 1 aliphatic carbocycles. The van der Waals surface area contributed by atoms with Crippen LogP contribution in [0.4, 0.5) is 0 Å². The summed E-state index contributed by atoms with van der Waals surface area (Å²) in [4.78, 5) is 0. The normalized spacial score (nSPS) is 38.2. The van der Waals surface area contributed by atoms with Gasteiger partial charge < -0.3 is 5.32 Å². The zero-order chi connectivity index (χ0) is 10.9. The molecule has 2 unspecified atom stereocenters. The molecule has 1 N–H and O–H groups in total. The van der Waals surface area contributed by atoms with Crippen LogP contribution in [0.1, 0.15) is 59.3 Å². The summed E-state index contributed by atoms with van der Waals surface area (Å²) in [6.45, 7) is 9.82. The Morgan fingerprint density at radius 1 is 1.07 bits per heavy atom. The van der Waals surface area contributed by atoms with E-state index in [9.17, 15) is 0 Å². The average Bonchev–Trinajstić information content (AvgIpc) is 2.45. The Hall–Kier alpha value is -0.0400. The lowest BCUT2D eigenvalue weighted by Crippen LogP contribution is -2.24. The fraction of sp³-hybridized carbons (Fsp3) is 1.00. The quantitative estimate of drug-likeness (QED) is 0.643. The highest BCUT2D eigenvalue weighted by molar-refractivity contribution is 4.91. The highest BCUT2D eigenvalue weighted by Crippen LogP contribution is 2.45. The summed E-state index contributed by atoms with van der Waals surface area (Å²) < 4.78 is 0. The van der Waals surface area contributed by atoms with Crippen molar-refractivity contribution in [2.24, 2.45) is 16.7 Å². The largest absolute Gasteiger partial charge is 0.316 e. The van der Waals surface area contributed by atoms with Gasteiger partial charge in [-0.3, -0.25) is 0 Å². The second-order valence-electron chi connectivity index (χ2n) is 6.92. The fourth-order valence-corrected chi connectivity index (χ4v) is 3.56. The van der Waals surface area contributed by atoms with Crippen LogP contribution in [0.5, 0.6) is 0 Å². The molecule has 0 aromatic heterocycles. The SMILES string of the molecule is CC(C)(C)C1CCCC2(CCNC2)CC1. The van der Waals surface area contributed by atoms with E-state index in [2.05, 4.69) is 26.1 Å². The molecule has 15 heavy (non-hydrogen) atoms. The molecule has 0 radical (unpaired) electrons. The van der Waals surface area contributed by atoms with Gasteiger partial charge in [0.1, 0.15) is 0 Å². The van der Waals surface area contributed by atoms with Gasteiger partial charge in [0, 0.05) is 6.54 Å². The van der Waals surface area contributed by atoms with Gasteiger partial charge in [0.25, 0.3) is 0 Å². The first kappa shape index (κ1) is 11.4. The van der Waals surface area contributed by atoms with Crippen LogP contribution in [0.3, 0.4) is 0 Å². The maximum absolute atomic E-state index is 3.56. The molecule has 2 rings (SSSR count). The fourth-order valence-electron chi connectivity index (χ4n) is 3.56. The van der Waals surface area contributed by atoms with E-state index >= 15 is 0 Å². The van der Waals surface area contributed by atoms with E-state index in [1.807, 2.05) is 0 Å². The minimum Gasteiger partial charge on any atom is -0.316 e. The van der Waals surface area contributed by atoms with E-state index in [0.29, 0.717) is 10.8 Å². The third-order valence-electron chi connectivity index (χ3n) is 4.84. The van der Waals surface area contributed by atoms with Crippen LogP contribution in [-0.2, 0) is 0 Å². The van der Waals surface area contributed by atoms with E-state index in [1.54, 1.807) is 0 Å². The van der Waals surface area contributed by atoms with Gasteiger partial charge in [-0.25, -0.2) is 0 Å². The molecule has 0 bridgehead atoms. The van der Waals surface area contributed by atoms with Gasteiger partial charge in [0.2, 0.25) is 0 Å². The van der Waals surface area contributed by atoms with E-state index in [-0.39, 0.29) is 0 Å². The summed E-state index contributed by atoms with van der Waals surface area (Å²) in [6, 6.07) is 0. The lowest BCUT2D eigenvalue weighted by molar-refractivity contribution is 0.202. The Morgan fingerprint density at radius 2 is 1.87 bits per heavy atom. The smallest absolute Gasteiger partial charge is 0.000829 e. The van der Waals surface area contributed by atoms with Crippen molar-refractivity contribution in [3.05, 3.63) is 0 Å². The van der Waals surface area contributed by atoms with Gasteiger partial charge in [-0.05, 0) is 55.4 Å². The molecule has 2 fully saturated rings. The molecule has 0 aromatic carbocycles. The van der Waals surface area contributed by atoms with Crippen molar-refractivity contribution in [3.8, 4) is 0 Å². The third-order valence-corrected chi connectivity index (χ3v) is 4.84. The van der Waals surface area contributed by atoms with Crippen molar-refractivity contribution in [1.29, 1.82) is 0 Å². The molecule has 1 saturated carbocycles. The third kappa shape index (κ3) is 2.55. The van der Waals surface area contributed by atoms with E-state index in [4.69, 9.17) is 0 Å². The maximum Gasteiger partial charge on any atom is 0.000829 e. The van der Waals surface area contributed by atoms with Crippen molar-refractivity contribution >= 4 is 0 Å². The van der Waals surface area contributed by atoms with Gasteiger partial charge in [-0.15, -0.1) is 0 Å². The van der Waals surface area contributed by atoms with Crippen LogP contribution in [-0.4, -0.2) is 13.1 Å². The Bertz CT molecular complexity index is 208.